The Bertz CT molecular complexity index is 642. The lowest BCUT2D eigenvalue weighted by molar-refractivity contribution is -0.139. The maximum atomic E-state index is 11.7. The fourth-order valence-corrected chi connectivity index (χ4v) is 1.78. The minimum atomic E-state index is -1.21. The summed E-state index contributed by atoms with van der Waals surface area (Å²) in [6.07, 6.45) is -0.479. The molecule has 0 aliphatic carbocycles. The molecule has 9 heteroatoms. The van der Waals surface area contributed by atoms with Gasteiger partial charge in [-0.2, -0.15) is 0 Å². The first-order valence-corrected chi connectivity index (χ1v) is 7.02. The fraction of sp³-hybridized carbons (Fsp3) is 0.267. The largest absolute Gasteiger partial charge is 0.481 e. The van der Waals surface area contributed by atoms with Crippen LogP contribution in [0.3, 0.4) is 0 Å². The molecule has 2 amide bonds. The Kier molecular flexibility index (Phi) is 7.08. The van der Waals surface area contributed by atoms with E-state index < -0.39 is 30.2 Å². The highest BCUT2D eigenvalue weighted by Crippen LogP contribution is 2.09. The molecule has 0 aromatic heterocycles. The number of amides is 2. The number of amidine groups is 1. The second kappa shape index (κ2) is 9.03. The van der Waals surface area contributed by atoms with Crippen LogP contribution in [0.15, 0.2) is 24.3 Å². The summed E-state index contributed by atoms with van der Waals surface area (Å²) in [4.78, 5) is 44.5. The summed E-state index contributed by atoms with van der Waals surface area (Å²) in [5, 5.41) is 20.6. The van der Waals surface area contributed by atoms with Crippen LogP contribution in [-0.2, 0) is 19.2 Å². The van der Waals surface area contributed by atoms with Crippen LogP contribution in [0.25, 0.3) is 0 Å². The van der Waals surface area contributed by atoms with E-state index in [9.17, 15) is 19.2 Å². The Morgan fingerprint density at radius 1 is 1.17 bits per heavy atom. The number of aliphatic carboxylic acids is 1. The van der Waals surface area contributed by atoms with Crippen LogP contribution in [0.2, 0.25) is 0 Å². The zero-order chi connectivity index (χ0) is 18.1. The van der Waals surface area contributed by atoms with Crippen LogP contribution in [0.4, 0.5) is 5.69 Å². The molecule has 1 aromatic carbocycles. The van der Waals surface area contributed by atoms with Crippen molar-refractivity contribution < 1.29 is 24.3 Å². The molecule has 0 aliphatic rings. The SMILES string of the molecule is N=C(N)c1ccc(NC(=O)CCC(=O)N[C@H](C=O)CC(=O)O)cc1. The van der Waals surface area contributed by atoms with Gasteiger partial charge >= 0.3 is 5.97 Å². The lowest BCUT2D eigenvalue weighted by Gasteiger charge is -2.10. The molecule has 1 rings (SSSR count). The minimum Gasteiger partial charge on any atom is -0.481 e. The summed E-state index contributed by atoms with van der Waals surface area (Å²) < 4.78 is 0. The van der Waals surface area contributed by atoms with Crippen molar-refractivity contribution in [1.29, 1.82) is 5.41 Å². The van der Waals surface area contributed by atoms with Crippen LogP contribution in [0.5, 0.6) is 0 Å². The van der Waals surface area contributed by atoms with Gasteiger partial charge in [0, 0.05) is 24.1 Å². The van der Waals surface area contributed by atoms with Crippen molar-refractivity contribution in [3.05, 3.63) is 29.8 Å². The van der Waals surface area contributed by atoms with E-state index in [1.807, 2.05) is 0 Å². The van der Waals surface area contributed by atoms with Gasteiger partial charge in [-0.3, -0.25) is 19.8 Å². The van der Waals surface area contributed by atoms with Gasteiger partial charge in [-0.25, -0.2) is 0 Å². The Morgan fingerprint density at radius 3 is 2.25 bits per heavy atom. The molecule has 128 valence electrons. The lowest BCUT2D eigenvalue weighted by atomic mass is 10.2. The highest BCUT2D eigenvalue weighted by molar-refractivity contribution is 5.97. The van der Waals surface area contributed by atoms with Gasteiger partial charge in [-0.05, 0) is 24.3 Å². The summed E-state index contributed by atoms with van der Waals surface area (Å²) in [7, 11) is 0. The highest BCUT2D eigenvalue weighted by Gasteiger charge is 2.15. The molecule has 0 fully saturated rings. The number of rotatable bonds is 9. The summed E-state index contributed by atoms with van der Waals surface area (Å²) in [6.45, 7) is 0. The Morgan fingerprint density at radius 2 is 1.75 bits per heavy atom. The molecular formula is C15H18N4O5. The second-order valence-electron chi connectivity index (χ2n) is 4.95. The molecule has 1 aromatic rings. The number of benzene rings is 1. The zero-order valence-corrected chi connectivity index (χ0v) is 12.7. The van der Waals surface area contributed by atoms with Crippen molar-refractivity contribution in [3.8, 4) is 0 Å². The number of nitrogens with two attached hydrogens (primary N) is 1. The van der Waals surface area contributed by atoms with Crippen LogP contribution < -0.4 is 16.4 Å². The summed E-state index contributed by atoms with van der Waals surface area (Å²) in [5.74, 6) is -2.30. The normalized spacial score (nSPS) is 11.2. The van der Waals surface area contributed by atoms with Crippen LogP contribution in [0.1, 0.15) is 24.8 Å². The molecule has 0 radical (unpaired) electrons. The molecule has 0 heterocycles. The number of carboxylic acids is 1. The smallest absolute Gasteiger partial charge is 0.305 e. The Balaban J connectivity index is 2.42. The number of carbonyl (C=O) groups is 4. The van der Waals surface area contributed by atoms with Crippen LogP contribution >= 0.6 is 0 Å². The van der Waals surface area contributed by atoms with E-state index in [4.69, 9.17) is 16.2 Å². The van der Waals surface area contributed by atoms with Gasteiger partial charge in [-0.1, -0.05) is 0 Å². The number of anilines is 1. The molecular weight excluding hydrogens is 316 g/mol. The number of hydrogen-bond acceptors (Lipinski definition) is 5. The number of nitrogen functional groups attached to an aromatic ring is 1. The second-order valence-corrected chi connectivity index (χ2v) is 4.95. The van der Waals surface area contributed by atoms with Crippen molar-refractivity contribution in [2.45, 2.75) is 25.3 Å². The number of hydrogen-bond donors (Lipinski definition) is 5. The topological polar surface area (TPSA) is 162 Å². The number of carboxylic acid groups (broad SMARTS) is 1. The van der Waals surface area contributed by atoms with Crippen molar-refractivity contribution in [3.63, 3.8) is 0 Å². The molecule has 24 heavy (non-hydrogen) atoms. The van der Waals surface area contributed by atoms with Gasteiger partial charge in [0.1, 0.15) is 12.1 Å². The van der Waals surface area contributed by atoms with Gasteiger partial charge in [0.05, 0.1) is 12.5 Å². The fourth-order valence-electron chi connectivity index (χ4n) is 1.78. The quantitative estimate of drug-likeness (QED) is 0.239. The van der Waals surface area contributed by atoms with E-state index in [0.717, 1.165) is 0 Å². The number of aldehydes is 1. The minimum absolute atomic E-state index is 0.0874. The van der Waals surface area contributed by atoms with Gasteiger partial charge in [0.25, 0.3) is 0 Å². The molecule has 0 bridgehead atoms. The average Bonchev–Trinajstić information content (AvgIpc) is 2.52. The summed E-state index contributed by atoms with van der Waals surface area (Å²) >= 11 is 0. The summed E-state index contributed by atoms with van der Waals surface area (Å²) in [6, 6.07) is 5.18. The molecule has 1 atom stereocenters. The van der Waals surface area contributed by atoms with E-state index in [0.29, 0.717) is 17.5 Å². The Labute approximate surface area is 137 Å². The first-order valence-electron chi connectivity index (χ1n) is 7.02. The van der Waals surface area contributed by atoms with Crippen molar-refractivity contribution in [2.75, 3.05) is 5.32 Å². The van der Waals surface area contributed by atoms with Crippen LogP contribution in [0, 0.1) is 5.41 Å². The predicted octanol–water partition coefficient (Wildman–Crippen LogP) is -0.152. The van der Waals surface area contributed by atoms with Gasteiger partial charge < -0.3 is 26.3 Å². The number of carbonyl (C=O) groups excluding carboxylic acids is 3. The third kappa shape index (κ3) is 6.69. The third-order valence-corrected chi connectivity index (χ3v) is 2.96. The highest BCUT2D eigenvalue weighted by atomic mass is 16.4. The first kappa shape index (κ1) is 18.8. The molecule has 0 aliphatic heterocycles. The zero-order valence-electron chi connectivity index (χ0n) is 12.7. The van der Waals surface area contributed by atoms with Gasteiger partial charge in [0.2, 0.25) is 11.8 Å². The van der Waals surface area contributed by atoms with Crippen molar-refractivity contribution >= 4 is 35.6 Å². The van der Waals surface area contributed by atoms with Crippen molar-refractivity contribution in [1.82, 2.24) is 5.32 Å². The van der Waals surface area contributed by atoms with Gasteiger partial charge in [0.15, 0.2) is 0 Å². The van der Waals surface area contributed by atoms with Crippen LogP contribution in [-0.4, -0.2) is 41.1 Å². The first-order chi connectivity index (χ1) is 11.3. The van der Waals surface area contributed by atoms with E-state index in [2.05, 4.69) is 10.6 Å². The molecule has 0 saturated heterocycles. The molecule has 0 unspecified atom stereocenters. The summed E-state index contributed by atoms with van der Waals surface area (Å²) in [5.41, 5.74) is 6.32. The third-order valence-electron chi connectivity index (χ3n) is 2.96. The predicted molar refractivity (Wildman–Crippen MR) is 85.6 cm³/mol. The maximum Gasteiger partial charge on any atom is 0.305 e. The van der Waals surface area contributed by atoms with E-state index in [1.54, 1.807) is 24.3 Å². The van der Waals surface area contributed by atoms with E-state index in [-0.39, 0.29) is 18.7 Å². The molecule has 6 N–H and O–H groups in total. The molecule has 0 spiro atoms. The van der Waals surface area contributed by atoms with Gasteiger partial charge in [-0.15, -0.1) is 0 Å². The standard InChI is InChI=1S/C15H18N4O5/c16-15(17)9-1-3-10(4-2-9)18-12(21)5-6-13(22)19-11(8-20)7-14(23)24/h1-4,8,11H,5-7H2,(H3,16,17)(H,18,21)(H,19,22)(H,23,24)/t11-/m0/s1. The Hall–Kier alpha value is -3.23. The lowest BCUT2D eigenvalue weighted by Crippen LogP contribution is -2.37. The van der Waals surface area contributed by atoms with Crippen molar-refractivity contribution in [2.24, 2.45) is 5.73 Å². The number of nitrogens with one attached hydrogen (secondary N) is 3. The van der Waals surface area contributed by atoms with E-state index >= 15 is 0 Å². The monoisotopic (exact) mass is 334 g/mol. The molecule has 9 nitrogen and oxygen atoms in total. The average molecular weight is 334 g/mol. The maximum absolute atomic E-state index is 11.7. The van der Waals surface area contributed by atoms with E-state index in [1.165, 1.54) is 0 Å². The molecule has 0 saturated carbocycles.